The van der Waals surface area contributed by atoms with Gasteiger partial charge in [0.2, 0.25) is 5.78 Å². The number of hydrogen-bond acceptors (Lipinski definition) is 4. The number of ketones is 1. The van der Waals surface area contributed by atoms with Gasteiger partial charge < -0.3 is 5.32 Å². The Morgan fingerprint density at radius 2 is 2.27 bits per heavy atom. The Labute approximate surface area is 129 Å². The fourth-order valence-electron chi connectivity index (χ4n) is 2.94. The summed E-state index contributed by atoms with van der Waals surface area (Å²) in [6.07, 6.45) is 4.72. The molecule has 0 aliphatic carbocycles. The summed E-state index contributed by atoms with van der Waals surface area (Å²) in [7, 11) is 0. The molecular formula is C16H20N5O. The molecular weight excluding hydrogens is 278 g/mol. The molecule has 1 saturated heterocycles. The van der Waals surface area contributed by atoms with E-state index in [4.69, 9.17) is 5.73 Å². The molecule has 0 spiro atoms. The van der Waals surface area contributed by atoms with E-state index in [1.165, 1.54) is 6.20 Å². The van der Waals surface area contributed by atoms with E-state index in [9.17, 15) is 4.79 Å². The molecule has 0 saturated carbocycles. The highest BCUT2D eigenvalue weighted by molar-refractivity contribution is 6.10. The first-order chi connectivity index (χ1) is 10.7. The molecule has 2 N–H and O–H groups in total. The minimum absolute atomic E-state index is 0.00151. The third-order valence-corrected chi connectivity index (χ3v) is 4.10. The lowest BCUT2D eigenvalue weighted by molar-refractivity contribution is 0.103. The number of hydrogen-bond donors (Lipinski definition) is 1. The molecule has 22 heavy (non-hydrogen) atoms. The van der Waals surface area contributed by atoms with Crippen molar-refractivity contribution in [3.8, 4) is 0 Å². The largest absolute Gasteiger partial charge is 0.317 e. The third kappa shape index (κ3) is 2.87. The minimum Gasteiger partial charge on any atom is -0.317 e. The molecule has 6 heteroatoms. The number of carbonyl (C=O) groups is 1. The van der Waals surface area contributed by atoms with Crippen LogP contribution in [0.5, 0.6) is 0 Å². The zero-order valence-electron chi connectivity index (χ0n) is 12.7. The zero-order chi connectivity index (χ0) is 15.5. The van der Waals surface area contributed by atoms with Crippen molar-refractivity contribution >= 4 is 11.6 Å². The number of carbonyl (C=O) groups excluding carboxylic acids is 1. The standard InChI is InChI=1S/C16H20N5O/c1-11-10-14(15(22)13-5-3-8-19-16(13)17)20-21(11)12-4-2-7-18-9-6-12/h3,5,8,10,12,17-18H,2,4,6-7,9H2,1H3. The summed E-state index contributed by atoms with van der Waals surface area (Å²) in [5.41, 5.74) is 9.45. The number of rotatable bonds is 3. The van der Waals surface area contributed by atoms with Gasteiger partial charge in [-0.1, -0.05) is 0 Å². The Balaban J connectivity index is 1.88. The molecule has 2 aromatic heterocycles. The van der Waals surface area contributed by atoms with Crippen molar-refractivity contribution in [3.05, 3.63) is 41.3 Å². The molecule has 0 amide bonds. The normalized spacial score (nSPS) is 18.9. The van der Waals surface area contributed by atoms with Crippen LogP contribution in [0.4, 0.5) is 5.82 Å². The molecule has 1 fully saturated rings. The van der Waals surface area contributed by atoms with Crippen molar-refractivity contribution in [2.75, 3.05) is 13.1 Å². The van der Waals surface area contributed by atoms with Gasteiger partial charge in [0.05, 0.1) is 11.6 Å². The molecule has 115 valence electrons. The van der Waals surface area contributed by atoms with E-state index in [0.717, 1.165) is 38.0 Å². The van der Waals surface area contributed by atoms with Gasteiger partial charge in [-0.2, -0.15) is 5.10 Å². The number of aromatic nitrogens is 3. The van der Waals surface area contributed by atoms with Crippen molar-refractivity contribution in [1.29, 1.82) is 0 Å². The molecule has 1 aliphatic heterocycles. The molecule has 1 aliphatic rings. The van der Waals surface area contributed by atoms with Crippen LogP contribution in [-0.4, -0.2) is 33.6 Å². The Hall–Kier alpha value is -2.21. The van der Waals surface area contributed by atoms with Crippen LogP contribution in [0.25, 0.3) is 0 Å². The predicted octanol–water partition coefficient (Wildman–Crippen LogP) is 2.05. The van der Waals surface area contributed by atoms with E-state index < -0.39 is 0 Å². The first-order valence-corrected chi connectivity index (χ1v) is 7.65. The van der Waals surface area contributed by atoms with Crippen LogP contribution in [0, 0.1) is 6.92 Å². The molecule has 0 bridgehead atoms. The maximum absolute atomic E-state index is 12.5. The zero-order valence-corrected chi connectivity index (χ0v) is 12.7. The van der Waals surface area contributed by atoms with Gasteiger partial charge >= 0.3 is 0 Å². The summed E-state index contributed by atoms with van der Waals surface area (Å²) in [5.74, 6) is -0.231. The summed E-state index contributed by atoms with van der Waals surface area (Å²) >= 11 is 0. The summed E-state index contributed by atoms with van der Waals surface area (Å²) in [4.78, 5) is 16.4. The molecule has 6 nitrogen and oxygen atoms in total. The Morgan fingerprint density at radius 1 is 1.41 bits per heavy atom. The van der Waals surface area contributed by atoms with E-state index >= 15 is 0 Å². The fourth-order valence-corrected chi connectivity index (χ4v) is 2.94. The lowest BCUT2D eigenvalue weighted by Gasteiger charge is -2.16. The Bertz CT molecular complexity index is 671. The summed E-state index contributed by atoms with van der Waals surface area (Å²) in [5, 5.41) is 7.91. The van der Waals surface area contributed by atoms with Crippen molar-refractivity contribution in [2.45, 2.75) is 32.2 Å². The Morgan fingerprint density at radius 3 is 3.09 bits per heavy atom. The van der Waals surface area contributed by atoms with Gasteiger partial charge in [0.1, 0.15) is 5.69 Å². The maximum Gasteiger partial charge on any atom is 0.217 e. The van der Waals surface area contributed by atoms with Gasteiger partial charge in [-0.25, -0.2) is 4.98 Å². The van der Waals surface area contributed by atoms with E-state index in [1.807, 2.05) is 17.7 Å². The first kappa shape index (κ1) is 14.7. The summed E-state index contributed by atoms with van der Waals surface area (Å²) < 4.78 is 1.97. The molecule has 1 radical (unpaired) electrons. The molecule has 3 heterocycles. The Kier molecular flexibility index (Phi) is 4.20. The number of pyridine rings is 1. The van der Waals surface area contributed by atoms with E-state index in [-0.39, 0.29) is 11.6 Å². The van der Waals surface area contributed by atoms with E-state index in [1.54, 1.807) is 12.1 Å². The second-order valence-corrected chi connectivity index (χ2v) is 5.68. The van der Waals surface area contributed by atoms with Crippen LogP contribution in [0.1, 0.15) is 47.1 Å². The molecule has 0 aromatic carbocycles. The minimum atomic E-state index is -0.230. The first-order valence-electron chi connectivity index (χ1n) is 7.65. The average Bonchev–Trinajstić information content (AvgIpc) is 2.74. The SMILES string of the molecule is Cc1cc(C(=O)c2cccnc2[NH])nn1C1CCCNCC1. The second-order valence-electron chi connectivity index (χ2n) is 5.68. The lowest BCUT2D eigenvalue weighted by atomic mass is 10.1. The van der Waals surface area contributed by atoms with Crippen molar-refractivity contribution in [1.82, 2.24) is 25.8 Å². The van der Waals surface area contributed by atoms with Crippen LogP contribution in [0.15, 0.2) is 24.4 Å². The number of aryl methyl sites for hydroxylation is 1. The van der Waals surface area contributed by atoms with Crippen LogP contribution in [-0.2, 0) is 0 Å². The van der Waals surface area contributed by atoms with Crippen LogP contribution < -0.4 is 11.1 Å². The van der Waals surface area contributed by atoms with Crippen molar-refractivity contribution < 1.29 is 4.79 Å². The molecule has 2 aromatic rings. The number of nitrogens with zero attached hydrogens (tertiary/aromatic N) is 3. The highest BCUT2D eigenvalue weighted by atomic mass is 16.1. The third-order valence-electron chi connectivity index (χ3n) is 4.10. The predicted molar refractivity (Wildman–Crippen MR) is 83.1 cm³/mol. The maximum atomic E-state index is 12.5. The monoisotopic (exact) mass is 298 g/mol. The van der Waals surface area contributed by atoms with Gasteiger partial charge in [0, 0.05) is 11.9 Å². The van der Waals surface area contributed by atoms with Crippen LogP contribution in [0.3, 0.4) is 0 Å². The number of nitrogens with one attached hydrogen (secondary N) is 2. The van der Waals surface area contributed by atoms with Gasteiger partial charge in [-0.05, 0) is 57.5 Å². The molecule has 3 rings (SSSR count). The topological polar surface area (TPSA) is 83.6 Å². The highest BCUT2D eigenvalue weighted by Gasteiger charge is 2.21. The molecule has 1 atom stereocenters. The fraction of sp³-hybridized carbons (Fsp3) is 0.438. The smallest absolute Gasteiger partial charge is 0.217 e. The van der Waals surface area contributed by atoms with E-state index in [2.05, 4.69) is 15.4 Å². The summed E-state index contributed by atoms with van der Waals surface area (Å²) in [6.45, 7) is 4.00. The van der Waals surface area contributed by atoms with Gasteiger partial charge in [-0.3, -0.25) is 15.2 Å². The van der Waals surface area contributed by atoms with E-state index in [0.29, 0.717) is 17.3 Å². The van der Waals surface area contributed by atoms with Crippen LogP contribution in [0.2, 0.25) is 0 Å². The van der Waals surface area contributed by atoms with Crippen molar-refractivity contribution in [2.24, 2.45) is 0 Å². The quantitative estimate of drug-likeness (QED) is 0.879. The highest BCUT2D eigenvalue weighted by Crippen LogP contribution is 2.23. The van der Waals surface area contributed by atoms with Gasteiger partial charge in [0.15, 0.2) is 5.82 Å². The molecule has 1 unspecified atom stereocenters. The van der Waals surface area contributed by atoms with Gasteiger partial charge in [-0.15, -0.1) is 0 Å². The van der Waals surface area contributed by atoms with Crippen molar-refractivity contribution in [3.63, 3.8) is 0 Å². The van der Waals surface area contributed by atoms with Crippen LogP contribution >= 0.6 is 0 Å². The summed E-state index contributed by atoms with van der Waals surface area (Å²) in [6, 6.07) is 5.45. The second kappa shape index (κ2) is 6.27. The average molecular weight is 298 g/mol. The lowest BCUT2D eigenvalue weighted by Crippen LogP contribution is -2.17. The van der Waals surface area contributed by atoms with Gasteiger partial charge in [0.25, 0.3) is 0 Å².